The lowest BCUT2D eigenvalue weighted by Gasteiger charge is -2.30. The zero-order chi connectivity index (χ0) is 47.3. The van der Waals surface area contributed by atoms with E-state index in [0.29, 0.717) is 12.0 Å². The number of phenolic OH excluding ortho intramolecular Hbond substituents is 2. The summed E-state index contributed by atoms with van der Waals surface area (Å²) in [5, 5.41) is 51.5. The maximum absolute atomic E-state index is 13.9. The van der Waals surface area contributed by atoms with E-state index in [0.717, 1.165) is 24.2 Å². The standard InChI is InChI=1S/C47H70N6O11/c1-6-7-8-9-10-11-12-13-14-15-16-17-18-19-40(57)52(4)37(29-54)45(61)48-27-30(2)43(59)49-28-41(58)53(5)42-33-21-23-39(56)35(26-33)34-24-32(20-22-38(34)55)25-36(47(63)64)51-44(60)31(3)50-46(42)62/h20-24,26,30-31,36-37,42,54-56H,6-19,25,27-29H2,1-5H3,(H,48,61)(H,49,59)(H,50,62)(H,51,60)(H,63,64)/t30?,31-,36-,37+,42-/m0/s1. The van der Waals surface area contributed by atoms with Crippen LogP contribution in [0.4, 0.5) is 0 Å². The number of hydrogen-bond acceptors (Lipinski definition) is 10. The third kappa shape index (κ3) is 16.1. The lowest BCUT2D eigenvalue weighted by atomic mass is 9.94. The molecule has 1 heterocycles. The first kappa shape index (κ1) is 52.6. The normalized spacial score (nSPS) is 17.2. The van der Waals surface area contributed by atoms with E-state index < -0.39 is 78.7 Å². The summed E-state index contributed by atoms with van der Waals surface area (Å²) >= 11 is 0. The Balaban J connectivity index is 1.57. The zero-order valence-electron chi connectivity index (χ0n) is 38.1. The van der Waals surface area contributed by atoms with Crippen molar-refractivity contribution in [3.8, 4) is 22.6 Å². The molecule has 0 spiro atoms. The predicted molar refractivity (Wildman–Crippen MR) is 241 cm³/mol. The lowest BCUT2D eigenvalue weighted by molar-refractivity contribution is -0.143. The Morgan fingerprint density at radius 3 is 1.89 bits per heavy atom. The molecular formula is C47H70N6O11. The van der Waals surface area contributed by atoms with Gasteiger partial charge in [0, 0.05) is 44.6 Å². The van der Waals surface area contributed by atoms with E-state index in [1.54, 1.807) is 0 Å². The Morgan fingerprint density at radius 2 is 1.31 bits per heavy atom. The average Bonchev–Trinajstić information content (AvgIpc) is 3.26. The lowest BCUT2D eigenvalue weighted by Crippen LogP contribution is -2.53. The SMILES string of the molecule is CCCCCCCCCCCCCCCC(=O)N(C)[C@H](CO)C(=O)NCC(C)C(=O)NCC(=O)N(C)[C@@H]1C(=O)N[C@@H](C)C(=O)N[C@H](C(=O)O)Cc2ccc(O)c(c2)-c2cc1ccc2O. The van der Waals surface area contributed by atoms with Crippen LogP contribution >= 0.6 is 0 Å². The number of nitrogens with one attached hydrogen (secondary N) is 4. The molecule has 5 atom stereocenters. The smallest absolute Gasteiger partial charge is 0.326 e. The number of benzene rings is 2. The summed E-state index contributed by atoms with van der Waals surface area (Å²) in [4.78, 5) is 93.9. The number of amides is 6. The third-order valence-electron chi connectivity index (χ3n) is 11.8. The van der Waals surface area contributed by atoms with Crippen LogP contribution in [0.2, 0.25) is 0 Å². The summed E-state index contributed by atoms with van der Waals surface area (Å²) in [5.74, 6) is -6.67. The zero-order valence-corrected chi connectivity index (χ0v) is 38.1. The van der Waals surface area contributed by atoms with Crippen molar-refractivity contribution in [1.82, 2.24) is 31.1 Å². The molecule has 0 fully saturated rings. The highest BCUT2D eigenvalue weighted by atomic mass is 16.4. The number of carboxylic acid groups (broad SMARTS) is 1. The van der Waals surface area contributed by atoms with Crippen LogP contribution in [0, 0.1) is 5.92 Å². The third-order valence-corrected chi connectivity index (χ3v) is 11.8. The second-order valence-electron chi connectivity index (χ2n) is 16.9. The molecule has 0 saturated carbocycles. The Hall–Kier alpha value is -5.71. The van der Waals surface area contributed by atoms with Crippen LogP contribution in [0.1, 0.15) is 128 Å². The van der Waals surface area contributed by atoms with Crippen LogP contribution in [-0.2, 0) is 40.0 Å². The number of unbranched alkanes of at least 4 members (excludes halogenated alkanes) is 12. The molecule has 64 heavy (non-hydrogen) atoms. The Bertz CT molecular complexity index is 1910. The number of carbonyl (C=O) groups is 7. The van der Waals surface area contributed by atoms with E-state index in [-0.39, 0.29) is 53.5 Å². The number of fused-ring (bicyclic) bond motifs is 5. The Labute approximate surface area is 376 Å². The van der Waals surface area contributed by atoms with Crippen molar-refractivity contribution in [1.29, 1.82) is 0 Å². The number of aliphatic carboxylic acids is 1. The number of aliphatic hydroxyl groups is 1. The molecule has 0 radical (unpaired) electrons. The minimum absolute atomic E-state index is 0.0782. The van der Waals surface area contributed by atoms with E-state index in [1.165, 1.54) is 127 Å². The van der Waals surface area contributed by atoms with E-state index in [2.05, 4.69) is 28.2 Å². The summed E-state index contributed by atoms with van der Waals surface area (Å²) in [7, 11) is 2.76. The highest BCUT2D eigenvalue weighted by molar-refractivity contribution is 5.95. The van der Waals surface area contributed by atoms with Crippen molar-refractivity contribution in [3.05, 3.63) is 47.5 Å². The number of nitrogens with zero attached hydrogens (tertiary/aromatic N) is 2. The van der Waals surface area contributed by atoms with Gasteiger partial charge in [0.15, 0.2) is 0 Å². The van der Waals surface area contributed by atoms with E-state index >= 15 is 0 Å². The van der Waals surface area contributed by atoms with Gasteiger partial charge in [-0.2, -0.15) is 0 Å². The van der Waals surface area contributed by atoms with Gasteiger partial charge in [-0.15, -0.1) is 0 Å². The molecule has 0 aliphatic carbocycles. The van der Waals surface area contributed by atoms with E-state index in [4.69, 9.17) is 0 Å². The van der Waals surface area contributed by atoms with Crippen molar-refractivity contribution in [2.75, 3.05) is 33.8 Å². The molecule has 4 bridgehead atoms. The summed E-state index contributed by atoms with van der Waals surface area (Å²) < 4.78 is 0. The van der Waals surface area contributed by atoms with Gasteiger partial charge in [0.05, 0.1) is 19.1 Å². The quantitative estimate of drug-likeness (QED) is 0.0698. The first-order chi connectivity index (χ1) is 30.5. The van der Waals surface area contributed by atoms with Gasteiger partial charge in [0.2, 0.25) is 35.4 Å². The molecule has 1 unspecified atom stereocenters. The highest BCUT2D eigenvalue weighted by Crippen LogP contribution is 2.38. The second-order valence-corrected chi connectivity index (χ2v) is 16.9. The van der Waals surface area contributed by atoms with Crippen LogP contribution in [0.15, 0.2) is 36.4 Å². The molecule has 0 saturated heterocycles. The minimum atomic E-state index is -1.45. The number of hydrogen-bond donors (Lipinski definition) is 8. The predicted octanol–water partition coefficient (Wildman–Crippen LogP) is 4.06. The minimum Gasteiger partial charge on any atom is -0.507 e. The van der Waals surface area contributed by atoms with E-state index in [9.17, 15) is 54.0 Å². The fraction of sp³-hybridized carbons (Fsp3) is 0.596. The molecule has 8 N–H and O–H groups in total. The number of aliphatic hydroxyl groups excluding tert-OH is 1. The largest absolute Gasteiger partial charge is 0.507 e. The fourth-order valence-electron chi connectivity index (χ4n) is 7.60. The van der Waals surface area contributed by atoms with Crippen molar-refractivity contribution < 1.29 is 54.0 Å². The summed E-state index contributed by atoms with van der Waals surface area (Å²) in [6, 6.07) is 3.03. The highest BCUT2D eigenvalue weighted by Gasteiger charge is 2.34. The van der Waals surface area contributed by atoms with Crippen LogP contribution in [0.5, 0.6) is 11.5 Å². The summed E-state index contributed by atoms with van der Waals surface area (Å²) in [6.45, 7) is 3.70. The average molecular weight is 895 g/mol. The Morgan fingerprint density at radius 1 is 0.750 bits per heavy atom. The molecule has 2 aromatic rings. The van der Waals surface area contributed by atoms with Gasteiger partial charge in [-0.05, 0) is 48.7 Å². The number of rotatable bonds is 24. The van der Waals surface area contributed by atoms with Crippen LogP contribution < -0.4 is 21.3 Å². The molecule has 3 rings (SSSR count). The second kappa shape index (κ2) is 26.8. The van der Waals surface area contributed by atoms with Gasteiger partial charge < -0.3 is 51.5 Å². The van der Waals surface area contributed by atoms with Gasteiger partial charge in [-0.3, -0.25) is 28.8 Å². The van der Waals surface area contributed by atoms with Gasteiger partial charge in [-0.1, -0.05) is 103 Å². The maximum Gasteiger partial charge on any atom is 0.326 e. The molecule has 17 nitrogen and oxygen atoms in total. The number of carboxylic acids is 1. The van der Waals surface area contributed by atoms with Crippen molar-refractivity contribution in [2.45, 2.75) is 141 Å². The molecule has 17 heteroatoms. The van der Waals surface area contributed by atoms with Gasteiger partial charge in [0.1, 0.15) is 35.7 Å². The molecule has 0 aromatic heterocycles. The number of carbonyl (C=O) groups excluding carboxylic acids is 6. The summed E-state index contributed by atoms with van der Waals surface area (Å²) in [6.07, 6.45) is 15.3. The first-order valence-electron chi connectivity index (χ1n) is 22.7. The molecule has 354 valence electrons. The summed E-state index contributed by atoms with van der Waals surface area (Å²) in [5.41, 5.74) is 0.772. The molecule has 6 amide bonds. The molecule has 1 aliphatic rings. The molecule has 2 aromatic carbocycles. The van der Waals surface area contributed by atoms with Crippen LogP contribution in [0.25, 0.3) is 11.1 Å². The van der Waals surface area contributed by atoms with Gasteiger partial charge in [0.25, 0.3) is 0 Å². The topological polar surface area (TPSA) is 255 Å². The van der Waals surface area contributed by atoms with E-state index in [1.807, 2.05) is 0 Å². The van der Waals surface area contributed by atoms with Gasteiger partial charge in [-0.25, -0.2) is 4.79 Å². The van der Waals surface area contributed by atoms with Crippen LogP contribution in [-0.4, -0.2) is 124 Å². The fourth-order valence-corrected chi connectivity index (χ4v) is 7.60. The molecule has 1 aliphatic heterocycles. The van der Waals surface area contributed by atoms with Crippen molar-refractivity contribution in [2.24, 2.45) is 5.92 Å². The van der Waals surface area contributed by atoms with Crippen molar-refractivity contribution in [3.63, 3.8) is 0 Å². The number of likely N-dealkylation sites (N-methyl/N-ethyl adjacent to an activating group) is 2. The monoisotopic (exact) mass is 895 g/mol. The van der Waals surface area contributed by atoms with Crippen LogP contribution in [0.3, 0.4) is 0 Å². The number of aromatic hydroxyl groups is 2. The van der Waals surface area contributed by atoms with Gasteiger partial charge >= 0.3 is 5.97 Å². The van der Waals surface area contributed by atoms with Crippen molar-refractivity contribution >= 4 is 41.4 Å². The maximum atomic E-state index is 13.9. The number of phenols is 2. The first-order valence-corrected chi connectivity index (χ1v) is 22.7. The Kier molecular flexibility index (Phi) is 22.0. The molecular weight excluding hydrogens is 825 g/mol.